The van der Waals surface area contributed by atoms with Gasteiger partial charge in [-0.05, 0) is 54.5 Å². The summed E-state index contributed by atoms with van der Waals surface area (Å²) in [6.07, 6.45) is 11.7. The molecule has 1 heteroatoms. The van der Waals surface area contributed by atoms with E-state index in [9.17, 15) is 0 Å². The average molecular weight is 327 g/mol. The molecule has 0 saturated carbocycles. The van der Waals surface area contributed by atoms with Crippen molar-refractivity contribution < 1.29 is 0 Å². The first-order chi connectivity index (χ1) is 11.3. The third kappa shape index (κ3) is 7.26. The molecule has 0 saturated heterocycles. The van der Waals surface area contributed by atoms with Crippen LogP contribution in [0.25, 0.3) is 0 Å². The zero-order valence-electron chi connectivity index (χ0n) is 14.4. The first-order valence-electron chi connectivity index (χ1n) is 9.13. The van der Waals surface area contributed by atoms with E-state index in [1.54, 1.807) is 0 Å². The average Bonchev–Trinajstić information content (AvgIpc) is 2.58. The van der Waals surface area contributed by atoms with Gasteiger partial charge >= 0.3 is 0 Å². The van der Waals surface area contributed by atoms with E-state index in [0.29, 0.717) is 0 Å². The van der Waals surface area contributed by atoms with E-state index in [2.05, 4.69) is 68.1 Å². The van der Waals surface area contributed by atoms with Gasteiger partial charge < -0.3 is 0 Å². The van der Waals surface area contributed by atoms with Gasteiger partial charge in [0.25, 0.3) is 0 Å². The van der Waals surface area contributed by atoms with Gasteiger partial charge in [0.2, 0.25) is 0 Å². The Morgan fingerprint density at radius 3 is 1.57 bits per heavy atom. The van der Waals surface area contributed by atoms with Crippen LogP contribution in [-0.2, 0) is 19.3 Å². The van der Waals surface area contributed by atoms with Crippen molar-refractivity contribution >= 4 is 12.6 Å². The zero-order valence-corrected chi connectivity index (χ0v) is 15.3. The summed E-state index contributed by atoms with van der Waals surface area (Å²) in [5.41, 5.74) is 4.31. The topological polar surface area (TPSA) is 0 Å². The highest BCUT2D eigenvalue weighted by atomic mass is 32.1. The Kier molecular flexibility index (Phi) is 8.31. The minimum atomic E-state index is 1.03. The highest BCUT2D eigenvalue weighted by molar-refractivity contribution is 7.80. The maximum absolute atomic E-state index is 4.33. The van der Waals surface area contributed by atoms with Gasteiger partial charge in [0.15, 0.2) is 0 Å². The lowest BCUT2D eigenvalue weighted by molar-refractivity contribution is 0.607. The molecule has 0 atom stereocenters. The Labute approximate surface area is 147 Å². The molecule has 0 spiro atoms. The van der Waals surface area contributed by atoms with Crippen LogP contribution in [-0.4, -0.2) is 0 Å². The molecular formula is C22H30S. The first-order valence-corrected chi connectivity index (χ1v) is 9.58. The molecule has 2 aromatic carbocycles. The van der Waals surface area contributed by atoms with Crippen molar-refractivity contribution in [3.8, 4) is 0 Å². The molecule has 2 aromatic rings. The lowest BCUT2D eigenvalue weighted by atomic mass is 10.0. The predicted octanol–water partition coefficient (Wildman–Crippen LogP) is 6.66. The van der Waals surface area contributed by atoms with Crippen molar-refractivity contribution in [1.29, 1.82) is 0 Å². The zero-order chi connectivity index (χ0) is 16.3. The van der Waals surface area contributed by atoms with Gasteiger partial charge in [-0.2, -0.15) is 0 Å². The third-order valence-electron chi connectivity index (χ3n) is 4.48. The molecule has 0 radical (unpaired) electrons. The van der Waals surface area contributed by atoms with Crippen LogP contribution in [0.4, 0.5) is 0 Å². The van der Waals surface area contributed by atoms with Crippen molar-refractivity contribution in [3.63, 3.8) is 0 Å². The molecule has 0 fully saturated rings. The van der Waals surface area contributed by atoms with Gasteiger partial charge in [0, 0.05) is 4.90 Å². The van der Waals surface area contributed by atoms with Crippen molar-refractivity contribution in [1.82, 2.24) is 0 Å². The van der Waals surface area contributed by atoms with Crippen molar-refractivity contribution in [2.75, 3.05) is 0 Å². The predicted molar refractivity (Wildman–Crippen MR) is 105 cm³/mol. The van der Waals surface area contributed by atoms with Gasteiger partial charge in [0.1, 0.15) is 0 Å². The molecule has 0 unspecified atom stereocenters. The highest BCUT2D eigenvalue weighted by Crippen LogP contribution is 2.14. The van der Waals surface area contributed by atoms with Gasteiger partial charge in [-0.25, -0.2) is 0 Å². The maximum atomic E-state index is 4.33. The SMILES string of the molecule is CCCCCCCCc1ccc(CCc2ccc(S)cc2)cc1. The number of thiol groups is 1. The van der Waals surface area contributed by atoms with Crippen LogP contribution in [0.1, 0.15) is 62.1 Å². The Morgan fingerprint density at radius 1 is 0.565 bits per heavy atom. The normalized spacial score (nSPS) is 10.9. The van der Waals surface area contributed by atoms with E-state index >= 15 is 0 Å². The fourth-order valence-electron chi connectivity index (χ4n) is 2.93. The lowest BCUT2D eigenvalue weighted by Gasteiger charge is -2.05. The van der Waals surface area contributed by atoms with E-state index < -0.39 is 0 Å². The number of rotatable bonds is 10. The second-order valence-electron chi connectivity index (χ2n) is 6.50. The van der Waals surface area contributed by atoms with E-state index in [0.717, 1.165) is 17.7 Å². The van der Waals surface area contributed by atoms with Gasteiger partial charge in [-0.15, -0.1) is 12.6 Å². The molecule has 0 nitrogen and oxygen atoms in total. The standard InChI is InChI=1S/C22H30S/c1-2-3-4-5-6-7-8-19-9-11-20(12-10-19)13-14-21-15-17-22(23)18-16-21/h9-12,15-18,23H,2-8,13-14H2,1H3. The minimum absolute atomic E-state index is 1.03. The number of unbranched alkanes of at least 4 members (excludes halogenated alkanes) is 5. The highest BCUT2D eigenvalue weighted by Gasteiger charge is 1.98. The van der Waals surface area contributed by atoms with Crippen LogP contribution in [0.2, 0.25) is 0 Å². The molecule has 0 aliphatic heterocycles. The van der Waals surface area contributed by atoms with E-state index in [4.69, 9.17) is 0 Å². The number of aryl methyl sites for hydroxylation is 3. The number of hydrogen-bond acceptors (Lipinski definition) is 1. The Morgan fingerprint density at radius 2 is 1.00 bits per heavy atom. The molecule has 0 aliphatic rings. The summed E-state index contributed by atoms with van der Waals surface area (Å²) in [5.74, 6) is 0. The minimum Gasteiger partial charge on any atom is -0.143 e. The fourth-order valence-corrected chi connectivity index (χ4v) is 3.08. The molecule has 0 N–H and O–H groups in total. The van der Waals surface area contributed by atoms with Crippen molar-refractivity contribution in [3.05, 3.63) is 65.2 Å². The fraction of sp³-hybridized carbons (Fsp3) is 0.455. The summed E-state index contributed by atoms with van der Waals surface area (Å²) < 4.78 is 0. The first kappa shape index (κ1) is 18.1. The summed E-state index contributed by atoms with van der Waals surface area (Å²) in [6, 6.07) is 17.7. The van der Waals surface area contributed by atoms with Gasteiger partial charge in [0.05, 0.1) is 0 Å². The quantitative estimate of drug-likeness (QED) is 0.366. The molecule has 0 heterocycles. The van der Waals surface area contributed by atoms with E-state index in [1.165, 1.54) is 61.6 Å². The van der Waals surface area contributed by atoms with E-state index in [1.807, 2.05) is 0 Å². The summed E-state index contributed by atoms with van der Waals surface area (Å²) >= 11 is 4.33. The van der Waals surface area contributed by atoms with Crippen LogP contribution < -0.4 is 0 Å². The van der Waals surface area contributed by atoms with Crippen LogP contribution in [0.5, 0.6) is 0 Å². The lowest BCUT2D eigenvalue weighted by Crippen LogP contribution is -1.92. The molecular weight excluding hydrogens is 296 g/mol. The molecule has 23 heavy (non-hydrogen) atoms. The third-order valence-corrected chi connectivity index (χ3v) is 4.78. The Bertz CT molecular complexity index is 539. The molecule has 0 amide bonds. The van der Waals surface area contributed by atoms with Gasteiger partial charge in [-0.1, -0.05) is 75.4 Å². The summed E-state index contributed by atoms with van der Waals surface area (Å²) in [7, 11) is 0. The second-order valence-corrected chi connectivity index (χ2v) is 7.02. The molecule has 0 aromatic heterocycles. The monoisotopic (exact) mass is 326 g/mol. The van der Waals surface area contributed by atoms with Crippen LogP contribution in [0.3, 0.4) is 0 Å². The second kappa shape index (κ2) is 10.5. The van der Waals surface area contributed by atoms with E-state index in [-0.39, 0.29) is 0 Å². The Hall–Kier alpha value is -1.21. The summed E-state index contributed by atoms with van der Waals surface area (Å²) in [4.78, 5) is 1.03. The molecule has 124 valence electrons. The number of benzene rings is 2. The van der Waals surface area contributed by atoms with Gasteiger partial charge in [-0.3, -0.25) is 0 Å². The summed E-state index contributed by atoms with van der Waals surface area (Å²) in [5, 5.41) is 0. The van der Waals surface area contributed by atoms with Crippen molar-refractivity contribution in [2.45, 2.75) is 69.6 Å². The van der Waals surface area contributed by atoms with Crippen LogP contribution in [0, 0.1) is 0 Å². The molecule has 2 rings (SSSR count). The largest absolute Gasteiger partial charge is 0.143 e. The van der Waals surface area contributed by atoms with Crippen LogP contribution in [0.15, 0.2) is 53.4 Å². The van der Waals surface area contributed by atoms with Crippen LogP contribution >= 0.6 is 12.6 Å². The Balaban J connectivity index is 1.68. The smallest absolute Gasteiger partial charge is 0.00401 e. The maximum Gasteiger partial charge on any atom is 0.00401 e. The molecule has 0 aliphatic carbocycles. The molecule has 0 bridgehead atoms. The summed E-state index contributed by atoms with van der Waals surface area (Å²) in [6.45, 7) is 2.27. The van der Waals surface area contributed by atoms with Crippen molar-refractivity contribution in [2.24, 2.45) is 0 Å². The number of hydrogen-bond donors (Lipinski definition) is 1.